The molecule has 2 aromatic heterocycles. The monoisotopic (exact) mass is 286 g/mol. The first-order valence-electron chi connectivity index (χ1n) is 6.75. The summed E-state index contributed by atoms with van der Waals surface area (Å²) in [5, 5.41) is 9.16. The van der Waals surface area contributed by atoms with E-state index in [0.717, 1.165) is 11.1 Å². The SMILES string of the molecule is CC(C)c1cc(-c2ccc(F)cc2)nc2oc(CO)nc12. The molecule has 0 atom stereocenters. The summed E-state index contributed by atoms with van der Waals surface area (Å²) in [6.07, 6.45) is 0. The molecule has 3 aromatic rings. The fraction of sp³-hybridized carbons (Fsp3) is 0.250. The molecule has 21 heavy (non-hydrogen) atoms. The van der Waals surface area contributed by atoms with Crippen LogP contribution in [0.25, 0.3) is 22.5 Å². The summed E-state index contributed by atoms with van der Waals surface area (Å²) in [5.41, 5.74) is 3.56. The summed E-state index contributed by atoms with van der Waals surface area (Å²) in [6, 6.07) is 8.09. The quantitative estimate of drug-likeness (QED) is 0.798. The highest BCUT2D eigenvalue weighted by molar-refractivity contribution is 5.78. The van der Waals surface area contributed by atoms with Crippen molar-refractivity contribution < 1.29 is 13.9 Å². The molecule has 3 rings (SSSR count). The largest absolute Gasteiger partial charge is 0.420 e. The van der Waals surface area contributed by atoms with Crippen molar-refractivity contribution in [2.45, 2.75) is 26.4 Å². The number of halogens is 1. The Morgan fingerprint density at radius 1 is 1.19 bits per heavy atom. The van der Waals surface area contributed by atoms with Crippen LogP contribution in [0.1, 0.15) is 31.2 Å². The van der Waals surface area contributed by atoms with Crippen LogP contribution in [0.2, 0.25) is 0 Å². The average molecular weight is 286 g/mol. The lowest BCUT2D eigenvalue weighted by Crippen LogP contribution is -1.94. The zero-order chi connectivity index (χ0) is 15.0. The Balaban J connectivity index is 2.22. The number of aromatic nitrogens is 2. The highest BCUT2D eigenvalue weighted by Gasteiger charge is 2.16. The van der Waals surface area contributed by atoms with Gasteiger partial charge in [0, 0.05) is 5.56 Å². The number of rotatable bonds is 3. The second-order valence-electron chi connectivity index (χ2n) is 5.18. The second kappa shape index (κ2) is 5.26. The first-order chi connectivity index (χ1) is 10.1. The van der Waals surface area contributed by atoms with E-state index in [1.807, 2.05) is 6.07 Å². The third-order valence-corrected chi connectivity index (χ3v) is 3.34. The van der Waals surface area contributed by atoms with Gasteiger partial charge in [0.1, 0.15) is 17.9 Å². The van der Waals surface area contributed by atoms with Crippen molar-refractivity contribution in [2.24, 2.45) is 0 Å². The van der Waals surface area contributed by atoms with E-state index in [1.54, 1.807) is 12.1 Å². The molecule has 0 spiro atoms. The van der Waals surface area contributed by atoms with Crippen molar-refractivity contribution in [1.82, 2.24) is 9.97 Å². The number of oxazole rings is 1. The fourth-order valence-corrected chi connectivity index (χ4v) is 2.25. The first-order valence-corrected chi connectivity index (χ1v) is 6.75. The molecule has 0 saturated heterocycles. The van der Waals surface area contributed by atoms with Crippen molar-refractivity contribution in [3.05, 3.63) is 47.6 Å². The maximum atomic E-state index is 13.0. The predicted molar refractivity (Wildman–Crippen MR) is 77.2 cm³/mol. The maximum absolute atomic E-state index is 13.0. The van der Waals surface area contributed by atoms with Crippen LogP contribution in [0.5, 0.6) is 0 Å². The number of benzene rings is 1. The van der Waals surface area contributed by atoms with E-state index in [-0.39, 0.29) is 24.2 Å². The first kappa shape index (κ1) is 13.7. The topological polar surface area (TPSA) is 59.2 Å². The summed E-state index contributed by atoms with van der Waals surface area (Å²) in [5.74, 6) is 0.188. The van der Waals surface area contributed by atoms with Gasteiger partial charge in [-0.15, -0.1) is 0 Å². The summed E-state index contributed by atoms with van der Waals surface area (Å²) in [6.45, 7) is 3.84. The molecular formula is C16H15FN2O2. The fourth-order valence-electron chi connectivity index (χ4n) is 2.25. The number of hydrogen-bond acceptors (Lipinski definition) is 4. The highest BCUT2D eigenvalue weighted by Crippen LogP contribution is 2.29. The van der Waals surface area contributed by atoms with Crippen molar-refractivity contribution in [3.8, 4) is 11.3 Å². The molecule has 5 heteroatoms. The minimum absolute atomic E-state index is 0.228. The molecule has 2 heterocycles. The number of pyridine rings is 1. The van der Waals surface area contributed by atoms with Crippen molar-refractivity contribution >= 4 is 11.2 Å². The third kappa shape index (κ3) is 2.52. The molecule has 1 N–H and O–H groups in total. The molecule has 1 aromatic carbocycles. The Labute approximate surface area is 121 Å². The third-order valence-electron chi connectivity index (χ3n) is 3.34. The summed E-state index contributed by atoms with van der Waals surface area (Å²) in [7, 11) is 0. The Bertz CT molecular complexity index is 779. The number of hydrogen-bond donors (Lipinski definition) is 1. The number of aliphatic hydroxyl groups excluding tert-OH is 1. The van der Waals surface area contributed by atoms with Crippen LogP contribution in [0, 0.1) is 5.82 Å². The van der Waals surface area contributed by atoms with Crippen LogP contribution in [-0.4, -0.2) is 15.1 Å². The Morgan fingerprint density at radius 3 is 2.52 bits per heavy atom. The molecule has 0 radical (unpaired) electrons. The maximum Gasteiger partial charge on any atom is 0.247 e. The van der Waals surface area contributed by atoms with E-state index in [9.17, 15) is 4.39 Å². The molecule has 0 aliphatic rings. The standard InChI is InChI=1S/C16H15FN2O2/c1-9(2)12-7-13(10-3-5-11(17)6-4-10)18-16-15(12)19-14(8-20)21-16/h3-7,9,20H,8H2,1-2H3. The minimum Gasteiger partial charge on any atom is -0.420 e. The molecule has 0 saturated carbocycles. The lowest BCUT2D eigenvalue weighted by atomic mass is 10.0. The predicted octanol–water partition coefficient (Wildman–Crippen LogP) is 3.64. The van der Waals surface area contributed by atoms with Crippen molar-refractivity contribution in [2.75, 3.05) is 0 Å². The molecule has 0 amide bonds. The van der Waals surface area contributed by atoms with Gasteiger partial charge in [0.25, 0.3) is 0 Å². The second-order valence-corrected chi connectivity index (χ2v) is 5.18. The van der Waals surface area contributed by atoms with Gasteiger partial charge in [-0.25, -0.2) is 14.4 Å². The van der Waals surface area contributed by atoms with Crippen molar-refractivity contribution in [1.29, 1.82) is 0 Å². The summed E-state index contributed by atoms with van der Waals surface area (Å²) < 4.78 is 18.5. The smallest absolute Gasteiger partial charge is 0.247 e. The lowest BCUT2D eigenvalue weighted by Gasteiger charge is -2.08. The van der Waals surface area contributed by atoms with Crippen LogP contribution < -0.4 is 0 Å². The molecule has 0 unspecified atom stereocenters. The molecule has 4 nitrogen and oxygen atoms in total. The molecule has 0 fully saturated rings. The minimum atomic E-state index is -0.286. The van der Waals surface area contributed by atoms with Crippen LogP contribution >= 0.6 is 0 Å². The van der Waals surface area contributed by atoms with Gasteiger partial charge in [0.2, 0.25) is 11.6 Å². The average Bonchev–Trinajstić information content (AvgIpc) is 2.89. The van der Waals surface area contributed by atoms with Crippen LogP contribution in [0.15, 0.2) is 34.7 Å². The van der Waals surface area contributed by atoms with E-state index in [2.05, 4.69) is 23.8 Å². The van der Waals surface area contributed by atoms with Crippen molar-refractivity contribution in [3.63, 3.8) is 0 Å². The van der Waals surface area contributed by atoms with E-state index >= 15 is 0 Å². The summed E-state index contributed by atoms with van der Waals surface area (Å²) in [4.78, 5) is 8.69. The van der Waals surface area contributed by atoms with E-state index in [0.29, 0.717) is 16.9 Å². The zero-order valence-corrected chi connectivity index (χ0v) is 11.8. The Morgan fingerprint density at radius 2 is 1.90 bits per heavy atom. The van der Waals surface area contributed by atoms with Gasteiger partial charge in [0.05, 0.1) is 5.69 Å². The Hall–Kier alpha value is -2.27. The van der Waals surface area contributed by atoms with Crippen LogP contribution in [0.4, 0.5) is 4.39 Å². The van der Waals surface area contributed by atoms with Crippen LogP contribution in [0.3, 0.4) is 0 Å². The molecule has 0 aliphatic heterocycles. The van der Waals surface area contributed by atoms with Gasteiger partial charge in [-0.3, -0.25) is 0 Å². The summed E-state index contributed by atoms with van der Waals surface area (Å²) >= 11 is 0. The van der Waals surface area contributed by atoms with Crippen LogP contribution in [-0.2, 0) is 6.61 Å². The molecular weight excluding hydrogens is 271 g/mol. The van der Waals surface area contributed by atoms with Gasteiger partial charge in [-0.2, -0.15) is 0 Å². The zero-order valence-electron chi connectivity index (χ0n) is 11.8. The molecule has 0 aliphatic carbocycles. The molecule has 0 bridgehead atoms. The van der Waals surface area contributed by atoms with E-state index < -0.39 is 0 Å². The normalized spacial score (nSPS) is 11.5. The van der Waals surface area contributed by atoms with Gasteiger partial charge in [-0.1, -0.05) is 13.8 Å². The number of nitrogens with zero attached hydrogens (tertiary/aromatic N) is 2. The Kier molecular flexibility index (Phi) is 3.43. The van der Waals surface area contributed by atoms with Gasteiger partial charge < -0.3 is 9.52 Å². The molecule has 108 valence electrons. The van der Waals surface area contributed by atoms with E-state index in [1.165, 1.54) is 12.1 Å². The number of aliphatic hydroxyl groups is 1. The number of fused-ring (bicyclic) bond motifs is 1. The van der Waals surface area contributed by atoms with E-state index in [4.69, 9.17) is 9.52 Å². The lowest BCUT2D eigenvalue weighted by molar-refractivity contribution is 0.243. The van der Waals surface area contributed by atoms with Gasteiger partial charge >= 0.3 is 0 Å². The van der Waals surface area contributed by atoms with Gasteiger partial charge in [0.15, 0.2) is 0 Å². The van der Waals surface area contributed by atoms with Gasteiger partial charge in [-0.05, 0) is 41.8 Å². The highest BCUT2D eigenvalue weighted by atomic mass is 19.1.